The van der Waals surface area contributed by atoms with Crippen molar-refractivity contribution in [1.82, 2.24) is 15.2 Å². The fourth-order valence-corrected chi connectivity index (χ4v) is 1.84. The van der Waals surface area contributed by atoms with Crippen LogP contribution in [0, 0.1) is 6.92 Å². The van der Waals surface area contributed by atoms with Crippen LogP contribution in [0.25, 0.3) is 11.4 Å². The molecule has 0 aliphatic rings. The Hall–Kier alpha value is -2.89. The molecule has 6 heteroatoms. The highest BCUT2D eigenvalue weighted by Gasteiger charge is 2.10. The molecule has 2 heterocycles. The van der Waals surface area contributed by atoms with Crippen LogP contribution in [0.15, 0.2) is 47.1 Å². The van der Waals surface area contributed by atoms with E-state index in [1.54, 1.807) is 25.1 Å². The predicted octanol–water partition coefficient (Wildman–Crippen LogP) is 2.63. The fourth-order valence-electron chi connectivity index (χ4n) is 1.84. The smallest absolute Gasteiger partial charge is 0.291 e. The van der Waals surface area contributed by atoms with E-state index >= 15 is 0 Å². The van der Waals surface area contributed by atoms with Gasteiger partial charge in [0.2, 0.25) is 0 Å². The van der Waals surface area contributed by atoms with E-state index in [2.05, 4.69) is 20.5 Å². The molecule has 0 atom stereocenters. The Morgan fingerprint density at radius 1 is 1.30 bits per heavy atom. The SMILES string of the molecule is Cc1ccc(C(=O)Nc2cccc(-c3ncn[nH]3)c2)o1. The van der Waals surface area contributed by atoms with Gasteiger partial charge in [-0.05, 0) is 31.2 Å². The molecule has 0 saturated heterocycles. The molecule has 0 aliphatic carbocycles. The van der Waals surface area contributed by atoms with Gasteiger partial charge in [0.05, 0.1) is 0 Å². The predicted molar refractivity (Wildman–Crippen MR) is 73.2 cm³/mol. The van der Waals surface area contributed by atoms with Gasteiger partial charge in [0.15, 0.2) is 11.6 Å². The average molecular weight is 268 g/mol. The molecule has 3 rings (SSSR count). The van der Waals surface area contributed by atoms with Gasteiger partial charge < -0.3 is 9.73 Å². The van der Waals surface area contributed by atoms with Gasteiger partial charge >= 0.3 is 0 Å². The van der Waals surface area contributed by atoms with Crippen molar-refractivity contribution in [3.8, 4) is 11.4 Å². The molecule has 20 heavy (non-hydrogen) atoms. The molecule has 0 bridgehead atoms. The van der Waals surface area contributed by atoms with E-state index in [1.807, 2.05) is 18.2 Å². The Kier molecular flexibility index (Phi) is 3.04. The minimum atomic E-state index is -0.284. The monoisotopic (exact) mass is 268 g/mol. The van der Waals surface area contributed by atoms with Crippen LogP contribution in [0.5, 0.6) is 0 Å². The molecule has 0 saturated carbocycles. The normalized spacial score (nSPS) is 10.4. The summed E-state index contributed by atoms with van der Waals surface area (Å²) in [7, 11) is 0. The van der Waals surface area contributed by atoms with Crippen molar-refractivity contribution in [3.63, 3.8) is 0 Å². The van der Waals surface area contributed by atoms with Crippen molar-refractivity contribution < 1.29 is 9.21 Å². The summed E-state index contributed by atoms with van der Waals surface area (Å²) >= 11 is 0. The molecule has 0 unspecified atom stereocenters. The molecule has 0 spiro atoms. The van der Waals surface area contributed by atoms with Gasteiger partial charge in [-0.2, -0.15) is 5.10 Å². The van der Waals surface area contributed by atoms with Gasteiger partial charge in [0.1, 0.15) is 12.1 Å². The lowest BCUT2D eigenvalue weighted by Gasteiger charge is -2.04. The number of benzene rings is 1. The maximum absolute atomic E-state index is 12.0. The van der Waals surface area contributed by atoms with Crippen LogP contribution in [0.2, 0.25) is 0 Å². The van der Waals surface area contributed by atoms with Crippen molar-refractivity contribution in [2.24, 2.45) is 0 Å². The minimum absolute atomic E-state index is 0.284. The zero-order valence-corrected chi connectivity index (χ0v) is 10.8. The third-order valence-corrected chi connectivity index (χ3v) is 2.77. The third kappa shape index (κ3) is 2.44. The number of aromatic amines is 1. The summed E-state index contributed by atoms with van der Waals surface area (Å²) in [6, 6.07) is 10.7. The van der Waals surface area contributed by atoms with E-state index in [9.17, 15) is 4.79 Å². The molecule has 1 aromatic carbocycles. The number of hydrogen-bond acceptors (Lipinski definition) is 4. The van der Waals surface area contributed by atoms with E-state index in [0.717, 1.165) is 5.56 Å². The van der Waals surface area contributed by atoms with Crippen LogP contribution in [0.3, 0.4) is 0 Å². The van der Waals surface area contributed by atoms with Gasteiger partial charge in [0, 0.05) is 11.3 Å². The molecule has 0 fully saturated rings. The van der Waals surface area contributed by atoms with E-state index in [1.165, 1.54) is 6.33 Å². The maximum Gasteiger partial charge on any atom is 0.291 e. The number of carbonyl (C=O) groups excluding carboxylic acids is 1. The van der Waals surface area contributed by atoms with Crippen LogP contribution in [0.1, 0.15) is 16.3 Å². The summed E-state index contributed by atoms with van der Waals surface area (Å²) in [5.74, 6) is 1.35. The molecule has 2 N–H and O–H groups in total. The van der Waals surface area contributed by atoms with Crippen molar-refractivity contribution in [3.05, 3.63) is 54.2 Å². The zero-order chi connectivity index (χ0) is 13.9. The molecule has 3 aromatic rings. The van der Waals surface area contributed by atoms with Crippen molar-refractivity contribution >= 4 is 11.6 Å². The number of H-pyrrole nitrogens is 1. The number of anilines is 1. The standard InChI is InChI=1S/C14H12N4O2/c1-9-5-6-12(20-9)14(19)17-11-4-2-3-10(7-11)13-15-8-16-18-13/h2-8H,1H3,(H,17,19)(H,15,16,18). The van der Waals surface area contributed by atoms with Crippen LogP contribution in [-0.2, 0) is 0 Å². The lowest BCUT2D eigenvalue weighted by atomic mass is 10.2. The number of furan rings is 1. The topological polar surface area (TPSA) is 83.8 Å². The maximum atomic E-state index is 12.0. The number of hydrogen-bond donors (Lipinski definition) is 2. The number of nitrogens with zero attached hydrogens (tertiary/aromatic N) is 2. The zero-order valence-electron chi connectivity index (χ0n) is 10.8. The Balaban J connectivity index is 1.81. The lowest BCUT2D eigenvalue weighted by molar-refractivity contribution is 0.0995. The summed E-state index contributed by atoms with van der Waals surface area (Å²) in [4.78, 5) is 16.1. The fraction of sp³-hybridized carbons (Fsp3) is 0.0714. The van der Waals surface area contributed by atoms with Gasteiger partial charge in [-0.25, -0.2) is 4.98 Å². The van der Waals surface area contributed by atoms with Crippen LogP contribution in [-0.4, -0.2) is 21.1 Å². The highest BCUT2D eigenvalue weighted by Crippen LogP contribution is 2.19. The second kappa shape index (κ2) is 5.00. The van der Waals surface area contributed by atoms with Crippen molar-refractivity contribution in [1.29, 1.82) is 0 Å². The van der Waals surface area contributed by atoms with Gasteiger partial charge in [0.25, 0.3) is 5.91 Å². The molecular formula is C14H12N4O2. The highest BCUT2D eigenvalue weighted by molar-refractivity contribution is 6.02. The van der Waals surface area contributed by atoms with E-state index in [-0.39, 0.29) is 11.7 Å². The van der Waals surface area contributed by atoms with Gasteiger partial charge in [-0.15, -0.1) is 0 Å². The van der Waals surface area contributed by atoms with Crippen LogP contribution >= 0.6 is 0 Å². The summed E-state index contributed by atoms with van der Waals surface area (Å²) in [6.45, 7) is 1.79. The molecule has 0 radical (unpaired) electrons. The number of aromatic nitrogens is 3. The largest absolute Gasteiger partial charge is 0.456 e. The summed E-state index contributed by atoms with van der Waals surface area (Å²) in [5.41, 5.74) is 1.51. The summed E-state index contributed by atoms with van der Waals surface area (Å²) in [6.07, 6.45) is 1.44. The minimum Gasteiger partial charge on any atom is -0.456 e. The van der Waals surface area contributed by atoms with E-state index in [4.69, 9.17) is 4.42 Å². The van der Waals surface area contributed by atoms with E-state index in [0.29, 0.717) is 17.3 Å². The number of nitrogens with one attached hydrogen (secondary N) is 2. The summed E-state index contributed by atoms with van der Waals surface area (Å²) in [5, 5.41) is 9.36. The van der Waals surface area contributed by atoms with Gasteiger partial charge in [-0.1, -0.05) is 12.1 Å². The van der Waals surface area contributed by atoms with Crippen molar-refractivity contribution in [2.45, 2.75) is 6.92 Å². The number of carbonyl (C=O) groups is 1. The first kappa shape index (κ1) is 12.2. The second-order valence-corrected chi connectivity index (χ2v) is 4.28. The number of amides is 1. The third-order valence-electron chi connectivity index (χ3n) is 2.77. The molecule has 100 valence electrons. The molecule has 1 amide bonds. The number of aryl methyl sites for hydroxylation is 1. The number of rotatable bonds is 3. The molecule has 2 aromatic heterocycles. The highest BCUT2D eigenvalue weighted by atomic mass is 16.3. The summed E-state index contributed by atoms with van der Waals surface area (Å²) < 4.78 is 5.28. The molecule has 0 aliphatic heterocycles. The average Bonchev–Trinajstić information content (AvgIpc) is 3.10. The first-order valence-corrected chi connectivity index (χ1v) is 6.06. The van der Waals surface area contributed by atoms with Crippen molar-refractivity contribution in [2.75, 3.05) is 5.32 Å². The Bertz CT molecular complexity index is 731. The van der Waals surface area contributed by atoms with Crippen LogP contribution < -0.4 is 5.32 Å². The molecule has 6 nitrogen and oxygen atoms in total. The lowest BCUT2D eigenvalue weighted by Crippen LogP contribution is -2.10. The van der Waals surface area contributed by atoms with E-state index < -0.39 is 0 Å². The van der Waals surface area contributed by atoms with Crippen LogP contribution in [0.4, 0.5) is 5.69 Å². The molecular weight excluding hydrogens is 256 g/mol. The Labute approximate surface area is 114 Å². The quantitative estimate of drug-likeness (QED) is 0.764. The Morgan fingerprint density at radius 3 is 2.90 bits per heavy atom. The second-order valence-electron chi connectivity index (χ2n) is 4.28. The Morgan fingerprint density at radius 2 is 2.20 bits per heavy atom. The first-order valence-electron chi connectivity index (χ1n) is 6.06. The first-order chi connectivity index (χ1) is 9.72. The van der Waals surface area contributed by atoms with Gasteiger partial charge in [-0.3, -0.25) is 9.89 Å².